The number of thiazole rings is 1. The van der Waals surface area contributed by atoms with Crippen LogP contribution < -0.4 is 0 Å². The van der Waals surface area contributed by atoms with Crippen LogP contribution in [0.15, 0.2) is 5.38 Å². The van der Waals surface area contributed by atoms with E-state index in [0.29, 0.717) is 11.9 Å². The van der Waals surface area contributed by atoms with Crippen LogP contribution in [0.2, 0.25) is 0 Å². The third-order valence-corrected chi connectivity index (χ3v) is 5.10. The standard InChI is InChI=1S/C13H21ClN2S/c1-4-12(13-15-11(5-14)8-17-13)16-6-9(2)10(3)7-16/h8-10,12H,4-7H2,1-3H3. The zero-order valence-electron chi connectivity index (χ0n) is 10.8. The van der Waals surface area contributed by atoms with Gasteiger partial charge in [-0.3, -0.25) is 4.90 Å². The highest BCUT2D eigenvalue weighted by Gasteiger charge is 2.32. The highest BCUT2D eigenvalue weighted by Crippen LogP contribution is 2.34. The van der Waals surface area contributed by atoms with Gasteiger partial charge in [-0.15, -0.1) is 22.9 Å². The lowest BCUT2D eigenvalue weighted by atomic mass is 10.0. The molecule has 0 aliphatic carbocycles. The van der Waals surface area contributed by atoms with Crippen LogP contribution in [0.4, 0.5) is 0 Å². The maximum Gasteiger partial charge on any atom is 0.110 e. The molecular weight excluding hydrogens is 252 g/mol. The molecule has 0 radical (unpaired) electrons. The van der Waals surface area contributed by atoms with E-state index in [0.717, 1.165) is 24.0 Å². The van der Waals surface area contributed by atoms with E-state index in [4.69, 9.17) is 11.6 Å². The van der Waals surface area contributed by atoms with E-state index in [1.807, 2.05) is 0 Å². The van der Waals surface area contributed by atoms with Gasteiger partial charge in [0, 0.05) is 18.5 Å². The SMILES string of the molecule is CCC(c1nc(CCl)cs1)N1CC(C)C(C)C1. The lowest BCUT2D eigenvalue weighted by molar-refractivity contribution is 0.228. The lowest BCUT2D eigenvalue weighted by Gasteiger charge is -2.24. The Morgan fingerprint density at radius 3 is 2.59 bits per heavy atom. The Morgan fingerprint density at radius 2 is 2.12 bits per heavy atom. The highest BCUT2D eigenvalue weighted by atomic mass is 35.5. The fraction of sp³-hybridized carbons (Fsp3) is 0.769. The van der Waals surface area contributed by atoms with E-state index < -0.39 is 0 Å². The van der Waals surface area contributed by atoms with Gasteiger partial charge >= 0.3 is 0 Å². The van der Waals surface area contributed by atoms with E-state index in [-0.39, 0.29) is 0 Å². The summed E-state index contributed by atoms with van der Waals surface area (Å²) in [5.41, 5.74) is 1.02. The maximum absolute atomic E-state index is 5.82. The van der Waals surface area contributed by atoms with E-state index >= 15 is 0 Å². The van der Waals surface area contributed by atoms with Crippen molar-refractivity contribution in [3.05, 3.63) is 16.1 Å². The first-order chi connectivity index (χ1) is 8.15. The Labute approximate surface area is 113 Å². The molecule has 17 heavy (non-hydrogen) atoms. The number of rotatable bonds is 4. The lowest BCUT2D eigenvalue weighted by Crippen LogP contribution is -2.26. The first-order valence-corrected chi connectivity index (χ1v) is 7.81. The second-order valence-corrected chi connectivity index (χ2v) is 6.30. The summed E-state index contributed by atoms with van der Waals surface area (Å²) in [6.07, 6.45) is 1.13. The topological polar surface area (TPSA) is 16.1 Å². The van der Waals surface area contributed by atoms with Gasteiger partial charge in [0.1, 0.15) is 5.01 Å². The molecule has 1 aromatic heterocycles. The fourth-order valence-corrected chi connectivity index (χ4v) is 3.82. The first-order valence-electron chi connectivity index (χ1n) is 6.40. The minimum atomic E-state index is 0.490. The monoisotopic (exact) mass is 272 g/mol. The van der Waals surface area contributed by atoms with Crippen molar-refractivity contribution in [3.8, 4) is 0 Å². The average Bonchev–Trinajstić information content (AvgIpc) is 2.89. The van der Waals surface area contributed by atoms with Crippen molar-refractivity contribution in [1.29, 1.82) is 0 Å². The minimum absolute atomic E-state index is 0.490. The summed E-state index contributed by atoms with van der Waals surface area (Å²) < 4.78 is 0. The van der Waals surface area contributed by atoms with Crippen molar-refractivity contribution in [2.45, 2.75) is 39.1 Å². The Bertz CT molecular complexity index is 356. The molecule has 1 saturated heterocycles. The van der Waals surface area contributed by atoms with Crippen LogP contribution >= 0.6 is 22.9 Å². The number of hydrogen-bond donors (Lipinski definition) is 0. The van der Waals surface area contributed by atoms with E-state index in [1.165, 1.54) is 18.1 Å². The molecule has 1 aromatic rings. The van der Waals surface area contributed by atoms with Crippen LogP contribution in [0.1, 0.15) is 43.9 Å². The molecule has 0 amide bonds. The van der Waals surface area contributed by atoms with Crippen LogP contribution in [0, 0.1) is 11.8 Å². The number of nitrogens with zero attached hydrogens (tertiary/aromatic N) is 2. The second-order valence-electron chi connectivity index (χ2n) is 5.14. The van der Waals surface area contributed by atoms with Gasteiger partial charge in [0.25, 0.3) is 0 Å². The Kier molecular flexibility index (Phi) is 4.45. The van der Waals surface area contributed by atoms with Gasteiger partial charge in [-0.05, 0) is 18.3 Å². The Morgan fingerprint density at radius 1 is 1.47 bits per heavy atom. The maximum atomic E-state index is 5.82. The van der Waals surface area contributed by atoms with Crippen molar-refractivity contribution in [2.24, 2.45) is 11.8 Å². The van der Waals surface area contributed by atoms with Gasteiger partial charge < -0.3 is 0 Å². The number of alkyl halides is 1. The zero-order chi connectivity index (χ0) is 12.4. The molecule has 3 atom stereocenters. The van der Waals surface area contributed by atoms with Crippen LogP contribution in [-0.4, -0.2) is 23.0 Å². The van der Waals surface area contributed by atoms with Crippen molar-refractivity contribution in [1.82, 2.24) is 9.88 Å². The van der Waals surface area contributed by atoms with Gasteiger partial charge in [-0.1, -0.05) is 20.8 Å². The Balaban J connectivity index is 2.11. The molecule has 1 aliphatic rings. The molecule has 96 valence electrons. The normalized spacial score (nSPS) is 27.5. The molecule has 1 aliphatic heterocycles. The van der Waals surface area contributed by atoms with Crippen molar-refractivity contribution in [3.63, 3.8) is 0 Å². The van der Waals surface area contributed by atoms with Crippen molar-refractivity contribution < 1.29 is 0 Å². The molecule has 0 bridgehead atoms. The van der Waals surface area contributed by atoms with Crippen LogP contribution in [0.25, 0.3) is 0 Å². The van der Waals surface area contributed by atoms with E-state index in [2.05, 4.69) is 36.0 Å². The fourth-order valence-electron chi connectivity index (χ4n) is 2.55. The third kappa shape index (κ3) is 2.83. The zero-order valence-corrected chi connectivity index (χ0v) is 12.4. The summed E-state index contributed by atoms with van der Waals surface area (Å²) >= 11 is 7.58. The summed E-state index contributed by atoms with van der Waals surface area (Å²) in [7, 11) is 0. The molecule has 0 saturated carbocycles. The largest absolute Gasteiger partial charge is 0.293 e. The molecule has 4 heteroatoms. The molecular formula is C13H21ClN2S. The van der Waals surface area contributed by atoms with Gasteiger partial charge in [0.2, 0.25) is 0 Å². The summed E-state index contributed by atoms with van der Waals surface area (Å²) in [6, 6.07) is 0.490. The summed E-state index contributed by atoms with van der Waals surface area (Å²) in [4.78, 5) is 7.23. The van der Waals surface area contributed by atoms with E-state index in [1.54, 1.807) is 11.3 Å². The highest BCUT2D eigenvalue weighted by molar-refractivity contribution is 7.09. The molecule has 1 fully saturated rings. The molecule has 3 unspecified atom stereocenters. The summed E-state index contributed by atoms with van der Waals surface area (Å²) in [5, 5.41) is 3.33. The minimum Gasteiger partial charge on any atom is -0.293 e. The molecule has 0 N–H and O–H groups in total. The first kappa shape index (κ1) is 13.3. The average molecular weight is 273 g/mol. The summed E-state index contributed by atoms with van der Waals surface area (Å²) in [5.74, 6) is 2.13. The molecule has 0 aromatic carbocycles. The van der Waals surface area contributed by atoms with Crippen LogP contribution in [0.3, 0.4) is 0 Å². The van der Waals surface area contributed by atoms with Crippen molar-refractivity contribution >= 4 is 22.9 Å². The Hall–Kier alpha value is -0.120. The van der Waals surface area contributed by atoms with Gasteiger partial charge in [-0.2, -0.15) is 0 Å². The number of aromatic nitrogens is 1. The molecule has 2 heterocycles. The van der Waals surface area contributed by atoms with Crippen molar-refractivity contribution in [2.75, 3.05) is 13.1 Å². The predicted octanol–water partition coefficient (Wildman–Crippen LogP) is 3.92. The van der Waals surface area contributed by atoms with E-state index in [9.17, 15) is 0 Å². The van der Waals surface area contributed by atoms with Crippen LogP contribution in [-0.2, 0) is 5.88 Å². The quantitative estimate of drug-likeness (QED) is 0.773. The molecule has 0 spiro atoms. The number of likely N-dealkylation sites (tertiary alicyclic amines) is 1. The summed E-state index contributed by atoms with van der Waals surface area (Å²) in [6.45, 7) is 9.36. The van der Waals surface area contributed by atoms with Gasteiger partial charge in [-0.25, -0.2) is 4.98 Å². The third-order valence-electron chi connectivity index (χ3n) is 3.84. The number of hydrogen-bond acceptors (Lipinski definition) is 3. The van der Waals surface area contributed by atoms with Crippen LogP contribution in [0.5, 0.6) is 0 Å². The second kappa shape index (κ2) is 5.68. The van der Waals surface area contributed by atoms with Gasteiger partial charge in [0.15, 0.2) is 0 Å². The molecule has 2 rings (SSSR count). The predicted molar refractivity (Wildman–Crippen MR) is 74.6 cm³/mol. The smallest absolute Gasteiger partial charge is 0.110 e. The van der Waals surface area contributed by atoms with Gasteiger partial charge in [0.05, 0.1) is 17.6 Å². The number of halogens is 1. The molecule has 2 nitrogen and oxygen atoms in total.